The molecule has 0 radical (unpaired) electrons. The molecule has 0 saturated heterocycles. The van der Waals surface area contributed by atoms with E-state index in [9.17, 15) is 4.79 Å². The maximum absolute atomic E-state index is 11.4. The highest BCUT2D eigenvalue weighted by atomic mass is 32.2. The van der Waals surface area contributed by atoms with Crippen LogP contribution in [0.1, 0.15) is 10.4 Å². The average Bonchev–Trinajstić information content (AvgIpc) is 2.30. The van der Waals surface area contributed by atoms with Gasteiger partial charge in [-0.15, -0.1) is 11.8 Å². The minimum atomic E-state index is -0.450. The third-order valence-electron chi connectivity index (χ3n) is 1.89. The Balaban J connectivity index is 2.82. The van der Waals surface area contributed by atoms with Crippen molar-refractivity contribution in [3.05, 3.63) is 17.8 Å². The van der Waals surface area contributed by atoms with Crippen molar-refractivity contribution in [2.24, 2.45) is 0 Å². The standard InChI is InChI=1S/C10H14N2O3S/c1-14-5-6-16-9-8(11)7(3-4-12-9)10(13)15-2/h3-4H,5-6,11H2,1-2H3. The quantitative estimate of drug-likeness (QED) is 0.475. The van der Waals surface area contributed by atoms with Crippen molar-refractivity contribution in [3.63, 3.8) is 0 Å². The number of rotatable bonds is 5. The van der Waals surface area contributed by atoms with E-state index in [1.54, 1.807) is 13.2 Å². The van der Waals surface area contributed by atoms with Gasteiger partial charge in [-0.1, -0.05) is 0 Å². The Morgan fingerprint density at radius 2 is 2.31 bits per heavy atom. The Morgan fingerprint density at radius 1 is 1.56 bits per heavy atom. The first-order chi connectivity index (χ1) is 7.70. The number of ether oxygens (including phenoxy) is 2. The van der Waals surface area contributed by atoms with Crippen LogP contribution in [0.25, 0.3) is 0 Å². The van der Waals surface area contributed by atoms with Crippen molar-refractivity contribution in [1.29, 1.82) is 0 Å². The van der Waals surface area contributed by atoms with Crippen LogP contribution in [0, 0.1) is 0 Å². The predicted octanol–water partition coefficient (Wildman–Crippen LogP) is 1.19. The average molecular weight is 242 g/mol. The topological polar surface area (TPSA) is 74.4 Å². The van der Waals surface area contributed by atoms with Crippen molar-refractivity contribution in [1.82, 2.24) is 4.98 Å². The van der Waals surface area contributed by atoms with E-state index in [0.29, 0.717) is 22.9 Å². The number of anilines is 1. The fraction of sp³-hybridized carbons (Fsp3) is 0.400. The number of hydrogen-bond donors (Lipinski definition) is 1. The van der Waals surface area contributed by atoms with Crippen LogP contribution in [0.15, 0.2) is 17.3 Å². The lowest BCUT2D eigenvalue weighted by Crippen LogP contribution is -2.07. The Hall–Kier alpha value is -1.27. The maximum Gasteiger partial charge on any atom is 0.340 e. The molecule has 0 atom stereocenters. The molecule has 1 aromatic heterocycles. The second kappa shape index (κ2) is 6.34. The lowest BCUT2D eigenvalue weighted by molar-refractivity contribution is 0.0601. The summed E-state index contributed by atoms with van der Waals surface area (Å²) in [6.45, 7) is 0.605. The number of pyridine rings is 1. The van der Waals surface area contributed by atoms with Crippen LogP contribution in [-0.4, -0.2) is 37.5 Å². The van der Waals surface area contributed by atoms with Gasteiger partial charge in [-0.25, -0.2) is 9.78 Å². The van der Waals surface area contributed by atoms with Crippen LogP contribution in [0.4, 0.5) is 5.69 Å². The monoisotopic (exact) mass is 242 g/mol. The molecule has 0 bridgehead atoms. The molecule has 0 aliphatic rings. The summed E-state index contributed by atoms with van der Waals surface area (Å²) in [7, 11) is 2.95. The zero-order valence-electron chi connectivity index (χ0n) is 9.23. The van der Waals surface area contributed by atoms with Crippen molar-refractivity contribution in [2.45, 2.75) is 5.03 Å². The van der Waals surface area contributed by atoms with Crippen LogP contribution in [0.5, 0.6) is 0 Å². The van der Waals surface area contributed by atoms with E-state index in [0.717, 1.165) is 5.75 Å². The van der Waals surface area contributed by atoms with Gasteiger partial charge in [0, 0.05) is 19.1 Å². The molecular formula is C10H14N2O3S. The van der Waals surface area contributed by atoms with E-state index >= 15 is 0 Å². The zero-order valence-corrected chi connectivity index (χ0v) is 10.0. The van der Waals surface area contributed by atoms with Gasteiger partial charge in [0.1, 0.15) is 5.03 Å². The van der Waals surface area contributed by atoms with E-state index in [-0.39, 0.29) is 0 Å². The summed E-state index contributed by atoms with van der Waals surface area (Å²) >= 11 is 1.44. The van der Waals surface area contributed by atoms with Gasteiger partial charge in [0.25, 0.3) is 0 Å². The molecule has 1 heterocycles. The van der Waals surface area contributed by atoms with Crippen LogP contribution in [0.2, 0.25) is 0 Å². The van der Waals surface area contributed by atoms with Gasteiger partial charge in [0.05, 0.1) is 25.0 Å². The lowest BCUT2D eigenvalue weighted by atomic mass is 10.2. The van der Waals surface area contributed by atoms with Crippen molar-refractivity contribution in [3.8, 4) is 0 Å². The molecule has 0 amide bonds. The van der Waals surface area contributed by atoms with E-state index in [1.165, 1.54) is 25.1 Å². The summed E-state index contributed by atoms with van der Waals surface area (Å²) in [5, 5.41) is 0.625. The molecule has 0 aromatic carbocycles. The van der Waals surface area contributed by atoms with Gasteiger partial charge in [0.15, 0.2) is 0 Å². The molecule has 0 unspecified atom stereocenters. The smallest absolute Gasteiger partial charge is 0.340 e. The van der Waals surface area contributed by atoms with Crippen molar-refractivity contribution in [2.75, 3.05) is 32.3 Å². The highest BCUT2D eigenvalue weighted by molar-refractivity contribution is 7.99. The van der Waals surface area contributed by atoms with Crippen molar-refractivity contribution >= 4 is 23.4 Å². The number of methoxy groups -OCH3 is 2. The van der Waals surface area contributed by atoms with Crippen LogP contribution < -0.4 is 5.73 Å². The molecule has 0 fully saturated rings. The number of nitrogen functional groups attached to an aromatic ring is 1. The summed E-state index contributed by atoms with van der Waals surface area (Å²) < 4.78 is 9.54. The SMILES string of the molecule is COCCSc1nccc(C(=O)OC)c1N. The number of aromatic nitrogens is 1. The normalized spacial score (nSPS) is 10.1. The second-order valence-corrected chi connectivity index (χ2v) is 3.99. The molecule has 1 rings (SSSR count). The van der Waals surface area contributed by atoms with E-state index < -0.39 is 5.97 Å². The molecule has 2 N–H and O–H groups in total. The van der Waals surface area contributed by atoms with Crippen LogP contribution in [-0.2, 0) is 9.47 Å². The first kappa shape index (κ1) is 12.8. The number of nitrogens with two attached hydrogens (primary N) is 1. The van der Waals surface area contributed by atoms with Crippen LogP contribution in [0.3, 0.4) is 0 Å². The largest absolute Gasteiger partial charge is 0.465 e. The lowest BCUT2D eigenvalue weighted by Gasteiger charge is -2.07. The summed E-state index contributed by atoms with van der Waals surface area (Å²) in [6.07, 6.45) is 1.54. The predicted molar refractivity (Wildman–Crippen MR) is 62.6 cm³/mol. The Morgan fingerprint density at radius 3 is 2.94 bits per heavy atom. The van der Waals surface area contributed by atoms with Crippen molar-refractivity contribution < 1.29 is 14.3 Å². The number of nitrogens with zero attached hydrogens (tertiary/aromatic N) is 1. The summed E-state index contributed by atoms with van der Waals surface area (Å²) in [6, 6.07) is 1.54. The summed E-state index contributed by atoms with van der Waals surface area (Å²) in [5.41, 5.74) is 6.52. The number of carbonyl (C=O) groups is 1. The molecule has 0 spiro atoms. The van der Waals surface area contributed by atoms with E-state index in [4.69, 9.17) is 10.5 Å². The molecular weight excluding hydrogens is 228 g/mol. The molecule has 5 nitrogen and oxygen atoms in total. The summed E-state index contributed by atoms with van der Waals surface area (Å²) in [5.74, 6) is 0.284. The fourth-order valence-corrected chi connectivity index (χ4v) is 1.92. The fourth-order valence-electron chi connectivity index (χ4n) is 1.08. The van der Waals surface area contributed by atoms with E-state index in [1.807, 2.05) is 0 Å². The number of thioether (sulfide) groups is 1. The van der Waals surface area contributed by atoms with E-state index in [2.05, 4.69) is 9.72 Å². The molecule has 6 heteroatoms. The number of esters is 1. The maximum atomic E-state index is 11.4. The number of hydrogen-bond acceptors (Lipinski definition) is 6. The minimum Gasteiger partial charge on any atom is -0.465 e. The van der Waals surface area contributed by atoms with Gasteiger partial charge >= 0.3 is 5.97 Å². The van der Waals surface area contributed by atoms with Gasteiger partial charge in [-0.3, -0.25) is 0 Å². The minimum absolute atomic E-state index is 0.345. The molecule has 16 heavy (non-hydrogen) atoms. The second-order valence-electron chi connectivity index (χ2n) is 2.91. The highest BCUT2D eigenvalue weighted by Crippen LogP contribution is 2.25. The number of carbonyl (C=O) groups excluding carboxylic acids is 1. The third kappa shape index (κ3) is 3.11. The highest BCUT2D eigenvalue weighted by Gasteiger charge is 2.13. The first-order valence-corrected chi connectivity index (χ1v) is 5.63. The first-order valence-electron chi connectivity index (χ1n) is 4.65. The van der Waals surface area contributed by atoms with Gasteiger partial charge in [-0.05, 0) is 6.07 Å². The molecule has 0 aliphatic heterocycles. The molecule has 0 saturated carbocycles. The van der Waals surface area contributed by atoms with Gasteiger partial charge < -0.3 is 15.2 Å². The third-order valence-corrected chi connectivity index (χ3v) is 2.85. The Kier molecular flexibility index (Phi) is 5.07. The molecule has 88 valence electrons. The Labute approximate surface area is 98.3 Å². The molecule has 0 aliphatic carbocycles. The molecule has 1 aromatic rings. The Bertz CT molecular complexity index is 371. The van der Waals surface area contributed by atoms with Gasteiger partial charge in [0.2, 0.25) is 0 Å². The van der Waals surface area contributed by atoms with Crippen LogP contribution >= 0.6 is 11.8 Å². The van der Waals surface area contributed by atoms with Gasteiger partial charge in [-0.2, -0.15) is 0 Å². The summed E-state index contributed by atoms with van der Waals surface area (Å²) in [4.78, 5) is 15.5. The zero-order chi connectivity index (χ0) is 12.0.